The average molecular weight is 370 g/mol. The second-order valence-electron chi connectivity index (χ2n) is 5.94. The summed E-state index contributed by atoms with van der Waals surface area (Å²) in [6, 6.07) is 9.04. The van der Waals surface area contributed by atoms with Gasteiger partial charge in [-0.15, -0.1) is 0 Å². The van der Waals surface area contributed by atoms with Crippen molar-refractivity contribution < 1.29 is 18.3 Å². The number of nitrogens with one attached hydrogen (secondary N) is 1. The molecule has 2 aromatic carbocycles. The van der Waals surface area contributed by atoms with Crippen LogP contribution >= 0.6 is 0 Å². The fraction of sp³-hybridized carbons (Fsp3) is 0.158. The van der Waals surface area contributed by atoms with Gasteiger partial charge in [0.2, 0.25) is 0 Å². The molecule has 27 heavy (non-hydrogen) atoms. The second kappa shape index (κ2) is 6.71. The molecule has 8 heteroatoms. The lowest BCUT2D eigenvalue weighted by atomic mass is 10.1. The Labute approximate surface area is 153 Å². The molecule has 4 aromatic rings. The van der Waals surface area contributed by atoms with Crippen molar-refractivity contribution in [3.8, 4) is 22.9 Å². The lowest BCUT2D eigenvalue weighted by Gasteiger charge is -2.09. The number of ether oxygens (including phenoxy) is 2. The number of imidazole rings is 1. The van der Waals surface area contributed by atoms with Crippen LogP contribution < -0.4 is 9.47 Å². The number of hydrogen-bond donors (Lipinski definition) is 1. The third-order valence-corrected chi connectivity index (χ3v) is 4.23. The molecule has 0 saturated carbocycles. The van der Waals surface area contributed by atoms with Crippen LogP contribution in [0.5, 0.6) is 11.5 Å². The highest BCUT2D eigenvalue weighted by Crippen LogP contribution is 2.34. The van der Waals surface area contributed by atoms with Gasteiger partial charge in [-0.25, -0.2) is 18.4 Å². The van der Waals surface area contributed by atoms with Gasteiger partial charge in [0.15, 0.2) is 17.1 Å². The Kier molecular flexibility index (Phi) is 4.23. The topological polar surface area (TPSA) is 65.0 Å². The zero-order valence-corrected chi connectivity index (χ0v) is 14.7. The van der Waals surface area contributed by atoms with E-state index in [-0.39, 0.29) is 11.4 Å². The standard InChI is InChI=1S/C19H16F2N4O2/c1-26-16-7-13(14(21)8-17(16)27-2)18-23-15-9-22-25(19(15)24-18)10-11-4-3-5-12(20)6-11/h3-9H,10H2,1-2H3,(H,23,24). The Morgan fingerprint density at radius 2 is 1.85 bits per heavy atom. The van der Waals surface area contributed by atoms with Crippen LogP contribution in [-0.4, -0.2) is 34.0 Å². The molecule has 0 spiro atoms. The maximum atomic E-state index is 14.5. The highest BCUT2D eigenvalue weighted by atomic mass is 19.1. The molecular weight excluding hydrogens is 354 g/mol. The number of nitrogens with zero attached hydrogens (tertiary/aromatic N) is 3. The molecule has 2 aromatic heterocycles. The van der Waals surface area contributed by atoms with Crippen molar-refractivity contribution in [2.45, 2.75) is 6.54 Å². The van der Waals surface area contributed by atoms with E-state index in [0.29, 0.717) is 35.0 Å². The molecular formula is C19H16F2N4O2. The van der Waals surface area contributed by atoms with Gasteiger partial charge in [0.05, 0.1) is 32.5 Å². The first-order valence-electron chi connectivity index (χ1n) is 8.17. The van der Waals surface area contributed by atoms with Gasteiger partial charge in [0.25, 0.3) is 0 Å². The van der Waals surface area contributed by atoms with Gasteiger partial charge in [0.1, 0.15) is 23.0 Å². The number of aromatic nitrogens is 4. The van der Waals surface area contributed by atoms with Crippen molar-refractivity contribution in [1.82, 2.24) is 19.7 Å². The molecule has 0 unspecified atom stereocenters. The summed E-state index contributed by atoms with van der Waals surface area (Å²) in [7, 11) is 2.92. The van der Waals surface area contributed by atoms with Crippen molar-refractivity contribution in [3.63, 3.8) is 0 Å². The van der Waals surface area contributed by atoms with Crippen molar-refractivity contribution in [2.24, 2.45) is 0 Å². The summed E-state index contributed by atoms with van der Waals surface area (Å²) in [5, 5.41) is 4.26. The highest BCUT2D eigenvalue weighted by molar-refractivity contribution is 5.77. The monoisotopic (exact) mass is 370 g/mol. The molecule has 0 aliphatic rings. The molecule has 0 radical (unpaired) electrons. The van der Waals surface area contributed by atoms with Gasteiger partial charge in [-0.05, 0) is 23.8 Å². The summed E-state index contributed by atoms with van der Waals surface area (Å²) in [5.74, 6) is 0.233. The molecule has 0 fully saturated rings. The van der Waals surface area contributed by atoms with E-state index in [1.807, 2.05) is 0 Å². The van der Waals surface area contributed by atoms with E-state index < -0.39 is 5.82 Å². The molecule has 0 aliphatic carbocycles. The quantitative estimate of drug-likeness (QED) is 0.581. The largest absolute Gasteiger partial charge is 0.493 e. The van der Waals surface area contributed by atoms with Crippen molar-refractivity contribution >= 4 is 11.2 Å². The normalized spacial score (nSPS) is 11.1. The highest BCUT2D eigenvalue weighted by Gasteiger charge is 2.17. The Morgan fingerprint density at radius 3 is 2.59 bits per heavy atom. The van der Waals surface area contributed by atoms with E-state index in [1.54, 1.807) is 23.0 Å². The van der Waals surface area contributed by atoms with Crippen LogP contribution in [0, 0.1) is 11.6 Å². The smallest absolute Gasteiger partial charge is 0.177 e. The van der Waals surface area contributed by atoms with E-state index in [1.165, 1.54) is 38.5 Å². The van der Waals surface area contributed by atoms with Crippen LogP contribution in [0.15, 0.2) is 42.6 Å². The molecule has 6 nitrogen and oxygen atoms in total. The number of fused-ring (bicyclic) bond motifs is 1. The molecule has 138 valence electrons. The SMILES string of the molecule is COc1cc(F)c(-c2nc3c(cnn3Cc3cccc(F)c3)[nH]2)cc1OC. The number of methoxy groups -OCH3 is 2. The lowest BCUT2D eigenvalue weighted by Crippen LogP contribution is -2.02. The minimum absolute atomic E-state index is 0.251. The fourth-order valence-electron chi connectivity index (χ4n) is 2.93. The van der Waals surface area contributed by atoms with E-state index in [0.717, 1.165) is 5.56 Å². The third kappa shape index (κ3) is 3.10. The zero-order valence-electron chi connectivity index (χ0n) is 14.7. The van der Waals surface area contributed by atoms with Crippen LogP contribution in [0.3, 0.4) is 0 Å². The van der Waals surface area contributed by atoms with Gasteiger partial charge >= 0.3 is 0 Å². The Hall–Kier alpha value is -3.42. The second-order valence-corrected chi connectivity index (χ2v) is 5.94. The van der Waals surface area contributed by atoms with Crippen LogP contribution in [0.4, 0.5) is 8.78 Å². The Morgan fingerprint density at radius 1 is 1.07 bits per heavy atom. The summed E-state index contributed by atoms with van der Waals surface area (Å²) in [6.45, 7) is 0.347. The zero-order chi connectivity index (χ0) is 19.0. The first kappa shape index (κ1) is 17.0. The Bertz CT molecular complexity index is 1120. The molecule has 0 atom stereocenters. The van der Waals surface area contributed by atoms with Crippen LogP contribution in [0.1, 0.15) is 5.56 Å². The minimum atomic E-state index is -0.492. The molecule has 2 heterocycles. The number of halogens is 2. The van der Waals surface area contributed by atoms with Crippen molar-refractivity contribution in [1.29, 1.82) is 0 Å². The molecule has 0 amide bonds. The predicted octanol–water partition coefficient (Wildman–Crippen LogP) is 3.77. The van der Waals surface area contributed by atoms with Gasteiger partial charge in [-0.3, -0.25) is 0 Å². The summed E-state index contributed by atoms with van der Waals surface area (Å²) < 4.78 is 39.9. The van der Waals surface area contributed by atoms with Gasteiger partial charge in [-0.1, -0.05) is 12.1 Å². The van der Waals surface area contributed by atoms with Gasteiger partial charge in [0, 0.05) is 6.07 Å². The summed E-state index contributed by atoms with van der Waals surface area (Å²) in [6.07, 6.45) is 1.60. The number of benzene rings is 2. The molecule has 0 bridgehead atoms. The predicted molar refractivity (Wildman–Crippen MR) is 95.9 cm³/mol. The lowest BCUT2D eigenvalue weighted by molar-refractivity contribution is 0.352. The molecule has 1 N–H and O–H groups in total. The van der Waals surface area contributed by atoms with Crippen molar-refractivity contribution in [2.75, 3.05) is 14.2 Å². The van der Waals surface area contributed by atoms with E-state index in [4.69, 9.17) is 9.47 Å². The number of hydrogen-bond acceptors (Lipinski definition) is 4. The minimum Gasteiger partial charge on any atom is -0.493 e. The number of rotatable bonds is 5. The fourth-order valence-corrected chi connectivity index (χ4v) is 2.93. The summed E-state index contributed by atoms with van der Waals surface area (Å²) in [5.41, 5.74) is 2.20. The first-order chi connectivity index (χ1) is 13.1. The van der Waals surface area contributed by atoms with E-state index in [9.17, 15) is 8.78 Å². The van der Waals surface area contributed by atoms with E-state index in [2.05, 4.69) is 15.1 Å². The van der Waals surface area contributed by atoms with E-state index >= 15 is 0 Å². The Balaban J connectivity index is 1.74. The molecule has 0 saturated heterocycles. The van der Waals surface area contributed by atoms with Crippen molar-refractivity contribution in [3.05, 3.63) is 59.8 Å². The summed E-state index contributed by atoms with van der Waals surface area (Å²) in [4.78, 5) is 7.52. The first-order valence-corrected chi connectivity index (χ1v) is 8.17. The third-order valence-electron chi connectivity index (χ3n) is 4.23. The summed E-state index contributed by atoms with van der Waals surface area (Å²) >= 11 is 0. The van der Waals surface area contributed by atoms with Crippen LogP contribution in [0.2, 0.25) is 0 Å². The van der Waals surface area contributed by atoms with Crippen LogP contribution in [-0.2, 0) is 6.54 Å². The average Bonchev–Trinajstić information content (AvgIpc) is 3.23. The maximum Gasteiger partial charge on any atom is 0.177 e. The van der Waals surface area contributed by atoms with Gasteiger partial charge in [-0.2, -0.15) is 5.10 Å². The number of aromatic amines is 1. The maximum absolute atomic E-state index is 14.5. The van der Waals surface area contributed by atoms with Gasteiger partial charge < -0.3 is 14.5 Å². The molecule has 4 rings (SSSR count). The number of H-pyrrole nitrogens is 1. The molecule has 0 aliphatic heterocycles. The van der Waals surface area contributed by atoms with Crippen LogP contribution in [0.25, 0.3) is 22.6 Å².